The van der Waals surface area contributed by atoms with Crippen molar-refractivity contribution < 1.29 is 14.8 Å². The maximum atomic E-state index is 10.6. The van der Waals surface area contributed by atoms with Gasteiger partial charge in [0.15, 0.2) is 11.0 Å². The largest absolute Gasteiger partial charge is 0.481 e. The Morgan fingerprint density at radius 1 is 1.63 bits per heavy atom. The first-order valence-electron chi connectivity index (χ1n) is 4.97. The molecule has 19 heavy (non-hydrogen) atoms. The average molecular weight is 300 g/mol. The number of carbonyl (C=O) groups is 1. The summed E-state index contributed by atoms with van der Waals surface area (Å²) in [5.74, 6) is -0.703. The van der Waals surface area contributed by atoms with E-state index >= 15 is 0 Å². The number of carboxylic acid groups (broad SMARTS) is 1. The molecule has 2 rings (SSSR count). The molecule has 0 saturated heterocycles. The Morgan fingerprint density at radius 3 is 2.95 bits per heavy atom. The van der Waals surface area contributed by atoms with Crippen LogP contribution in [0.1, 0.15) is 0 Å². The number of thiophene rings is 1. The second-order valence-corrected chi connectivity index (χ2v) is 5.42. The van der Waals surface area contributed by atoms with Crippen molar-refractivity contribution in [2.24, 2.45) is 7.05 Å². The van der Waals surface area contributed by atoms with E-state index in [4.69, 9.17) is 5.11 Å². The molecule has 0 fully saturated rings. The highest BCUT2D eigenvalue weighted by Gasteiger charge is 2.16. The predicted octanol–water partition coefficient (Wildman–Crippen LogP) is 1.63. The van der Waals surface area contributed by atoms with E-state index in [1.54, 1.807) is 13.1 Å². The number of aliphatic carboxylic acids is 1. The first kappa shape index (κ1) is 13.5. The molecule has 0 amide bonds. The third kappa shape index (κ3) is 3.09. The zero-order valence-corrected chi connectivity index (χ0v) is 11.3. The number of rotatable bonds is 5. The van der Waals surface area contributed by atoms with E-state index in [9.17, 15) is 14.9 Å². The molecule has 2 heterocycles. The van der Waals surface area contributed by atoms with Crippen LogP contribution in [0.3, 0.4) is 0 Å². The Hall–Kier alpha value is -1.94. The zero-order valence-electron chi connectivity index (χ0n) is 9.64. The molecule has 0 aliphatic rings. The summed E-state index contributed by atoms with van der Waals surface area (Å²) in [5.41, 5.74) is 0. The second kappa shape index (κ2) is 5.36. The number of nitrogens with zero attached hydrogens (tertiary/aromatic N) is 4. The van der Waals surface area contributed by atoms with Crippen LogP contribution in [0.2, 0.25) is 0 Å². The number of aromatic nitrogens is 3. The van der Waals surface area contributed by atoms with E-state index in [2.05, 4.69) is 10.1 Å². The van der Waals surface area contributed by atoms with Crippen LogP contribution in [0.4, 0.5) is 5.00 Å². The van der Waals surface area contributed by atoms with Gasteiger partial charge in [0.05, 0.1) is 15.6 Å². The summed E-state index contributed by atoms with van der Waals surface area (Å²) in [4.78, 5) is 25.3. The molecule has 0 aliphatic carbocycles. The monoisotopic (exact) mass is 300 g/mol. The van der Waals surface area contributed by atoms with E-state index in [1.807, 2.05) is 0 Å². The summed E-state index contributed by atoms with van der Waals surface area (Å²) in [5, 5.41) is 23.8. The van der Waals surface area contributed by atoms with Gasteiger partial charge in [-0.25, -0.2) is 9.67 Å². The van der Waals surface area contributed by atoms with Gasteiger partial charge in [-0.3, -0.25) is 14.9 Å². The molecule has 0 spiro atoms. The van der Waals surface area contributed by atoms with Crippen LogP contribution in [-0.2, 0) is 11.8 Å². The highest BCUT2D eigenvalue weighted by atomic mass is 32.2. The van der Waals surface area contributed by atoms with Gasteiger partial charge in [-0.2, -0.15) is 0 Å². The lowest BCUT2D eigenvalue weighted by Gasteiger charge is -1.94. The highest BCUT2D eigenvalue weighted by Crippen LogP contribution is 2.31. The minimum atomic E-state index is -0.943. The summed E-state index contributed by atoms with van der Waals surface area (Å²) in [6.07, 6.45) is 0. The van der Waals surface area contributed by atoms with Gasteiger partial charge >= 0.3 is 11.0 Å². The smallest absolute Gasteiger partial charge is 0.324 e. The summed E-state index contributed by atoms with van der Waals surface area (Å²) in [6, 6.07) is 2.96. The molecule has 2 aromatic rings. The molecule has 0 bridgehead atoms. The van der Waals surface area contributed by atoms with E-state index in [0.717, 1.165) is 23.1 Å². The minimum absolute atomic E-state index is 0.0159. The quantitative estimate of drug-likeness (QED) is 0.507. The topological polar surface area (TPSA) is 111 Å². The number of carboxylic acids is 1. The van der Waals surface area contributed by atoms with Crippen molar-refractivity contribution in [2.75, 3.05) is 5.75 Å². The first-order chi connectivity index (χ1) is 8.97. The maximum absolute atomic E-state index is 10.6. The molecule has 10 heteroatoms. The molecule has 1 N–H and O–H groups in total. The van der Waals surface area contributed by atoms with Crippen molar-refractivity contribution in [3.63, 3.8) is 0 Å². The molecule has 0 unspecified atom stereocenters. The van der Waals surface area contributed by atoms with Crippen molar-refractivity contribution in [3.05, 3.63) is 22.2 Å². The van der Waals surface area contributed by atoms with E-state index in [1.165, 1.54) is 10.7 Å². The Balaban J connectivity index is 2.23. The summed E-state index contributed by atoms with van der Waals surface area (Å²) in [6.45, 7) is 0. The standard InChI is InChI=1S/C9H8N4O4S2/c1-12-9(18-4-7(14)15)10-8(11-12)5-2-3-6(19-5)13(16)17/h2-3H,4H2,1H3,(H,14,15). The maximum Gasteiger partial charge on any atom is 0.324 e. The van der Waals surface area contributed by atoms with Crippen molar-refractivity contribution in [3.8, 4) is 10.7 Å². The summed E-state index contributed by atoms with van der Waals surface area (Å²) < 4.78 is 1.45. The molecule has 0 aromatic carbocycles. The fourth-order valence-electron chi connectivity index (χ4n) is 1.27. The molecule has 8 nitrogen and oxygen atoms in total. The van der Waals surface area contributed by atoms with Crippen LogP contribution >= 0.6 is 23.1 Å². The molecule has 2 aromatic heterocycles. The normalized spacial score (nSPS) is 10.6. The highest BCUT2D eigenvalue weighted by molar-refractivity contribution is 7.99. The van der Waals surface area contributed by atoms with Crippen LogP contribution in [0.15, 0.2) is 17.3 Å². The number of hydrogen-bond donors (Lipinski definition) is 1. The number of nitro groups is 1. The lowest BCUT2D eigenvalue weighted by Crippen LogP contribution is -2.00. The molecule has 0 saturated carbocycles. The van der Waals surface area contributed by atoms with Crippen LogP contribution < -0.4 is 0 Å². The fraction of sp³-hybridized carbons (Fsp3) is 0.222. The van der Waals surface area contributed by atoms with Crippen molar-refractivity contribution in [1.82, 2.24) is 14.8 Å². The van der Waals surface area contributed by atoms with Gasteiger partial charge in [-0.05, 0) is 6.07 Å². The van der Waals surface area contributed by atoms with Gasteiger partial charge in [0, 0.05) is 13.1 Å². The fourth-order valence-corrected chi connectivity index (χ4v) is 2.65. The summed E-state index contributed by atoms with van der Waals surface area (Å²) >= 11 is 2.02. The second-order valence-electron chi connectivity index (χ2n) is 3.42. The molecular formula is C9H8N4O4S2. The van der Waals surface area contributed by atoms with Gasteiger partial charge in [-0.1, -0.05) is 23.1 Å². The zero-order chi connectivity index (χ0) is 14.0. The van der Waals surface area contributed by atoms with E-state index in [0.29, 0.717) is 15.9 Å². The molecule has 0 radical (unpaired) electrons. The number of aryl methyl sites for hydroxylation is 1. The third-order valence-corrected chi connectivity index (χ3v) is 4.08. The molecule has 0 aliphatic heterocycles. The minimum Gasteiger partial charge on any atom is -0.481 e. The van der Waals surface area contributed by atoms with Crippen molar-refractivity contribution in [2.45, 2.75) is 5.16 Å². The lowest BCUT2D eigenvalue weighted by atomic mass is 10.4. The number of thioether (sulfide) groups is 1. The van der Waals surface area contributed by atoms with Gasteiger partial charge in [0.2, 0.25) is 0 Å². The van der Waals surface area contributed by atoms with E-state index < -0.39 is 10.9 Å². The molecule has 0 atom stereocenters. The van der Waals surface area contributed by atoms with Crippen LogP contribution in [0, 0.1) is 10.1 Å². The number of hydrogen-bond acceptors (Lipinski definition) is 7. The molecule has 100 valence electrons. The van der Waals surface area contributed by atoms with Gasteiger partial charge in [0.1, 0.15) is 0 Å². The van der Waals surface area contributed by atoms with Crippen LogP contribution in [-0.4, -0.2) is 36.5 Å². The Bertz CT molecular complexity index is 636. The van der Waals surface area contributed by atoms with Gasteiger partial charge in [0.25, 0.3) is 0 Å². The SMILES string of the molecule is Cn1nc(-c2ccc([N+](=O)[O-])s2)nc1SCC(=O)O. The average Bonchev–Trinajstić information content (AvgIpc) is 2.92. The lowest BCUT2D eigenvalue weighted by molar-refractivity contribution is -0.380. The Labute approximate surface area is 115 Å². The van der Waals surface area contributed by atoms with Crippen LogP contribution in [0.5, 0.6) is 0 Å². The first-order valence-corrected chi connectivity index (χ1v) is 6.78. The summed E-state index contributed by atoms with van der Waals surface area (Å²) in [7, 11) is 1.64. The third-order valence-electron chi connectivity index (χ3n) is 2.04. The predicted molar refractivity (Wildman–Crippen MR) is 69.3 cm³/mol. The molecular weight excluding hydrogens is 292 g/mol. The van der Waals surface area contributed by atoms with Gasteiger partial charge in [-0.15, -0.1) is 5.10 Å². The Morgan fingerprint density at radius 2 is 2.37 bits per heavy atom. The Kier molecular flexibility index (Phi) is 3.81. The van der Waals surface area contributed by atoms with Crippen LogP contribution in [0.25, 0.3) is 10.7 Å². The van der Waals surface area contributed by atoms with Gasteiger partial charge < -0.3 is 5.11 Å². The van der Waals surface area contributed by atoms with Crippen molar-refractivity contribution in [1.29, 1.82) is 0 Å². The van der Waals surface area contributed by atoms with E-state index in [-0.39, 0.29) is 10.8 Å². The van der Waals surface area contributed by atoms with Crippen molar-refractivity contribution >= 4 is 34.1 Å².